The highest BCUT2D eigenvalue weighted by Gasteiger charge is 2.23. The van der Waals surface area contributed by atoms with Gasteiger partial charge in [-0.25, -0.2) is 0 Å². The van der Waals surface area contributed by atoms with Crippen LogP contribution in [0.4, 0.5) is 0 Å². The van der Waals surface area contributed by atoms with Gasteiger partial charge in [0.25, 0.3) is 0 Å². The number of hydrogen-bond donors (Lipinski definition) is 1. The molecule has 1 atom stereocenters. The zero-order chi connectivity index (χ0) is 9.45. The van der Waals surface area contributed by atoms with Crippen molar-refractivity contribution >= 4 is 23.5 Å². The summed E-state index contributed by atoms with van der Waals surface area (Å²) in [6, 6.07) is 0. The maximum atomic E-state index is 10.0. The lowest BCUT2D eigenvalue weighted by Gasteiger charge is -2.25. The number of aliphatic hydroxyl groups is 1. The maximum absolute atomic E-state index is 10.0. The lowest BCUT2D eigenvalue weighted by Crippen LogP contribution is -2.31. The van der Waals surface area contributed by atoms with E-state index in [0.29, 0.717) is 6.42 Å². The normalized spacial score (nSPS) is 15.6. The molecule has 0 bridgehead atoms. The van der Waals surface area contributed by atoms with E-state index in [1.807, 2.05) is 6.26 Å². The summed E-state index contributed by atoms with van der Waals surface area (Å²) in [7, 11) is 0. The van der Waals surface area contributed by atoms with Crippen LogP contribution in [0.1, 0.15) is 12.8 Å². The Bertz CT molecular complexity index is 128. The fourth-order valence-corrected chi connectivity index (χ4v) is 2.45. The van der Waals surface area contributed by atoms with E-state index >= 15 is 0 Å². The van der Waals surface area contributed by atoms with Crippen LogP contribution < -0.4 is 0 Å². The molecule has 0 fully saturated rings. The van der Waals surface area contributed by atoms with Gasteiger partial charge in [-0.3, -0.25) is 0 Å². The van der Waals surface area contributed by atoms with Crippen LogP contribution in [0.5, 0.6) is 0 Å². The van der Waals surface area contributed by atoms with Gasteiger partial charge in [0.1, 0.15) is 0 Å². The molecule has 0 radical (unpaired) electrons. The molecular weight excluding hydrogens is 188 g/mol. The van der Waals surface area contributed by atoms with Crippen molar-refractivity contribution in [1.29, 1.82) is 0 Å². The zero-order valence-electron chi connectivity index (χ0n) is 7.88. The second kappa shape index (κ2) is 6.87. The lowest BCUT2D eigenvalue weighted by atomic mass is 9.99. The monoisotopic (exact) mass is 206 g/mol. The molecule has 0 aliphatic rings. The predicted octanol–water partition coefficient (Wildman–Crippen LogP) is 2.41. The molecule has 0 rings (SSSR count). The third-order valence-electron chi connectivity index (χ3n) is 1.71. The van der Waals surface area contributed by atoms with Gasteiger partial charge >= 0.3 is 0 Å². The quantitative estimate of drug-likeness (QED) is 0.646. The average Bonchev–Trinajstić information content (AvgIpc) is 2.02. The molecule has 0 aliphatic carbocycles. The van der Waals surface area contributed by atoms with Crippen LogP contribution in [-0.4, -0.2) is 34.7 Å². The van der Waals surface area contributed by atoms with E-state index < -0.39 is 5.60 Å². The minimum absolute atomic E-state index is 0.524. The second-order valence-corrected chi connectivity index (χ2v) is 4.74. The summed E-state index contributed by atoms with van der Waals surface area (Å²) in [4.78, 5) is 0. The van der Waals surface area contributed by atoms with Crippen LogP contribution in [0.3, 0.4) is 0 Å². The number of rotatable bonds is 7. The van der Waals surface area contributed by atoms with E-state index in [2.05, 4.69) is 12.8 Å². The molecular formula is C9H18OS2. The highest BCUT2D eigenvalue weighted by atomic mass is 32.2. The fourth-order valence-electron chi connectivity index (χ4n) is 1.06. The summed E-state index contributed by atoms with van der Waals surface area (Å²) in [5.74, 6) is 1.82. The first-order valence-corrected chi connectivity index (χ1v) is 6.78. The first-order chi connectivity index (χ1) is 5.68. The van der Waals surface area contributed by atoms with Crippen LogP contribution >= 0.6 is 23.5 Å². The van der Waals surface area contributed by atoms with Gasteiger partial charge in [0.2, 0.25) is 0 Å². The summed E-state index contributed by atoms with van der Waals surface area (Å²) in [6.07, 6.45) is 7.45. The van der Waals surface area contributed by atoms with Gasteiger partial charge in [-0.15, -0.1) is 6.58 Å². The minimum Gasteiger partial charge on any atom is -0.389 e. The van der Waals surface area contributed by atoms with Crippen LogP contribution in [0.2, 0.25) is 0 Å². The minimum atomic E-state index is -0.524. The van der Waals surface area contributed by atoms with Crippen LogP contribution in [0.15, 0.2) is 12.7 Å². The van der Waals surface area contributed by atoms with E-state index in [0.717, 1.165) is 17.9 Å². The zero-order valence-corrected chi connectivity index (χ0v) is 9.51. The molecule has 0 heterocycles. The van der Waals surface area contributed by atoms with Crippen LogP contribution in [0, 0.1) is 0 Å². The third kappa shape index (κ3) is 5.12. The van der Waals surface area contributed by atoms with Crippen molar-refractivity contribution in [2.45, 2.75) is 18.4 Å². The van der Waals surface area contributed by atoms with Gasteiger partial charge in [-0.2, -0.15) is 23.5 Å². The van der Waals surface area contributed by atoms with Crippen LogP contribution in [0.25, 0.3) is 0 Å². The molecule has 0 aromatic rings. The molecule has 72 valence electrons. The molecule has 0 aromatic carbocycles. The Balaban J connectivity index is 3.88. The third-order valence-corrected chi connectivity index (χ3v) is 3.15. The molecule has 12 heavy (non-hydrogen) atoms. The van der Waals surface area contributed by atoms with Crippen molar-refractivity contribution < 1.29 is 5.11 Å². The Labute approximate surface area is 84.0 Å². The maximum Gasteiger partial charge on any atom is 0.0779 e. The van der Waals surface area contributed by atoms with E-state index in [9.17, 15) is 5.11 Å². The van der Waals surface area contributed by atoms with Crippen molar-refractivity contribution in [1.82, 2.24) is 0 Å². The first kappa shape index (κ1) is 12.4. The van der Waals surface area contributed by atoms with Crippen LogP contribution in [-0.2, 0) is 0 Å². The van der Waals surface area contributed by atoms with Crippen molar-refractivity contribution in [3.8, 4) is 0 Å². The smallest absolute Gasteiger partial charge is 0.0779 e. The van der Waals surface area contributed by atoms with E-state index in [4.69, 9.17) is 0 Å². The van der Waals surface area contributed by atoms with Gasteiger partial charge < -0.3 is 5.11 Å². The second-order valence-electron chi connectivity index (χ2n) is 2.89. The predicted molar refractivity (Wildman–Crippen MR) is 61.1 cm³/mol. The average molecular weight is 206 g/mol. The fraction of sp³-hybridized carbons (Fsp3) is 0.778. The summed E-state index contributed by atoms with van der Waals surface area (Å²) in [5.41, 5.74) is -0.524. The topological polar surface area (TPSA) is 20.2 Å². The highest BCUT2D eigenvalue weighted by Crippen LogP contribution is 2.22. The summed E-state index contributed by atoms with van der Waals surface area (Å²) < 4.78 is 0. The Morgan fingerprint density at radius 2 is 2.08 bits per heavy atom. The number of hydrogen-bond acceptors (Lipinski definition) is 3. The standard InChI is InChI=1S/C9H18OS2/c1-4-5-9(10,8-12-3)6-7-11-2/h4,10H,1,5-8H2,2-3H3. The van der Waals surface area contributed by atoms with E-state index in [1.165, 1.54) is 0 Å². The van der Waals surface area contributed by atoms with Gasteiger partial charge in [0.05, 0.1) is 5.60 Å². The van der Waals surface area contributed by atoms with Crippen molar-refractivity contribution in [3.63, 3.8) is 0 Å². The van der Waals surface area contributed by atoms with Crippen molar-refractivity contribution in [2.75, 3.05) is 24.0 Å². The molecule has 3 heteroatoms. The summed E-state index contributed by atoms with van der Waals surface area (Å²) in [6.45, 7) is 3.66. The SMILES string of the molecule is C=CCC(O)(CCSC)CSC. The molecule has 0 amide bonds. The molecule has 1 nitrogen and oxygen atoms in total. The summed E-state index contributed by atoms with van der Waals surface area (Å²) in [5, 5.41) is 10.0. The molecule has 0 saturated carbocycles. The van der Waals surface area contributed by atoms with E-state index in [-0.39, 0.29) is 0 Å². The Morgan fingerprint density at radius 3 is 2.50 bits per heavy atom. The van der Waals surface area contributed by atoms with Gasteiger partial charge in [-0.1, -0.05) is 6.08 Å². The van der Waals surface area contributed by atoms with Gasteiger partial charge in [-0.05, 0) is 31.1 Å². The molecule has 0 aliphatic heterocycles. The Hall–Kier alpha value is 0.400. The largest absolute Gasteiger partial charge is 0.389 e. The molecule has 1 unspecified atom stereocenters. The molecule has 1 N–H and O–H groups in total. The molecule has 0 saturated heterocycles. The molecule has 0 aromatic heterocycles. The van der Waals surface area contributed by atoms with Gasteiger partial charge in [0, 0.05) is 5.75 Å². The Kier molecular flexibility index (Phi) is 7.10. The van der Waals surface area contributed by atoms with Gasteiger partial charge in [0.15, 0.2) is 0 Å². The van der Waals surface area contributed by atoms with E-state index in [1.54, 1.807) is 29.6 Å². The Morgan fingerprint density at radius 1 is 1.42 bits per heavy atom. The van der Waals surface area contributed by atoms with Crippen molar-refractivity contribution in [2.24, 2.45) is 0 Å². The highest BCUT2D eigenvalue weighted by molar-refractivity contribution is 7.98. The lowest BCUT2D eigenvalue weighted by molar-refractivity contribution is 0.0658. The first-order valence-electron chi connectivity index (χ1n) is 3.99. The van der Waals surface area contributed by atoms with Crippen molar-refractivity contribution in [3.05, 3.63) is 12.7 Å². The summed E-state index contributed by atoms with van der Waals surface area (Å²) >= 11 is 3.47. The number of thioether (sulfide) groups is 2. The molecule has 0 spiro atoms.